The first-order valence-electron chi connectivity index (χ1n) is 10.4. The number of tetrazole rings is 1. The standard InChI is InChI=1S/C22H28N6OS/c1-17-5-4-6-21(18(17)2)28-22(30)27(23-24-28)16-26-13-11-25(12-14-26)15-19-7-9-20(29-3)10-8-19/h4-10H,11-16H2,1-3H3/p+2. The topological polar surface area (TPSA) is 53.8 Å². The minimum absolute atomic E-state index is 0.657. The third kappa shape index (κ3) is 4.45. The van der Waals surface area contributed by atoms with Gasteiger partial charge in [0.15, 0.2) is 6.67 Å². The van der Waals surface area contributed by atoms with E-state index in [9.17, 15) is 0 Å². The van der Waals surface area contributed by atoms with Crippen molar-refractivity contribution in [3.8, 4) is 11.4 Å². The van der Waals surface area contributed by atoms with E-state index < -0.39 is 0 Å². The number of piperazine rings is 1. The van der Waals surface area contributed by atoms with Crippen molar-refractivity contribution in [2.45, 2.75) is 27.1 Å². The summed E-state index contributed by atoms with van der Waals surface area (Å²) in [4.78, 5) is 3.11. The lowest BCUT2D eigenvalue weighted by atomic mass is 10.1. The van der Waals surface area contributed by atoms with Gasteiger partial charge >= 0.3 is 0 Å². The fourth-order valence-corrected chi connectivity index (χ4v) is 4.26. The van der Waals surface area contributed by atoms with Crippen molar-refractivity contribution < 1.29 is 14.5 Å². The molecule has 0 aliphatic carbocycles. The molecule has 0 spiro atoms. The molecule has 0 bridgehead atoms. The lowest BCUT2D eigenvalue weighted by molar-refractivity contribution is -1.03. The van der Waals surface area contributed by atoms with Crippen LogP contribution in [0, 0.1) is 18.6 Å². The molecule has 0 atom stereocenters. The van der Waals surface area contributed by atoms with Crippen molar-refractivity contribution >= 4 is 12.2 Å². The first-order valence-corrected chi connectivity index (χ1v) is 10.9. The van der Waals surface area contributed by atoms with Crippen LogP contribution in [0.4, 0.5) is 0 Å². The van der Waals surface area contributed by atoms with Crippen molar-refractivity contribution in [1.29, 1.82) is 0 Å². The highest BCUT2D eigenvalue weighted by atomic mass is 32.1. The van der Waals surface area contributed by atoms with E-state index in [1.807, 2.05) is 28.9 Å². The summed E-state index contributed by atoms with van der Waals surface area (Å²) in [6.45, 7) is 10.5. The predicted molar refractivity (Wildman–Crippen MR) is 118 cm³/mol. The number of ether oxygens (including phenoxy) is 1. The summed E-state index contributed by atoms with van der Waals surface area (Å²) in [5.74, 6) is 0.911. The van der Waals surface area contributed by atoms with Crippen LogP contribution in [-0.4, -0.2) is 53.1 Å². The van der Waals surface area contributed by atoms with E-state index in [1.54, 1.807) is 16.7 Å². The molecular formula is C22H30N6OS+2. The molecule has 0 unspecified atom stereocenters. The zero-order valence-corrected chi connectivity index (χ0v) is 18.7. The fraction of sp³-hybridized carbons (Fsp3) is 0.409. The van der Waals surface area contributed by atoms with E-state index >= 15 is 0 Å². The summed E-state index contributed by atoms with van der Waals surface area (Å²) in [6.07, 6.45) is 0. The van der Waals surface area contributed by atoms with Crippen LogP contribution >= 0.6 is 12.2 Å². The molecule has 0 saturated carbocycles. The van der Waals surface area contributed by atoms with Crippen LogP contribution in [-0.2, 0) is 13.2 Å². The van der Waals surface area contributed by atoms with Gasteiger partial charge in [-0.1, -0.05) is 12.1 Å². The number of hydrogen-bond acceptors (Lipinski definition) is 4. The van der Waals surface area contributed by atoms with Gasteiger partial charge in [0.25, 0.3) is 0 Å². The van der Waals surface area contributed by atoms with Crippen LogP contribution in [0.25, 0.3) is 5.69 Å². The van der Waals surface area contributed by atoms with E-state index in [0.29, 0.717) is 4.77 Å². The Labute approximate surface area is 182 Å². The van der Waals surface area contributed by atoms with Gasteiger partial charge in [0.1, 0.15) is 38.5 Å². The summed E-state index contributed by atoms with van der Waals surface area (Å²) in [5, 5.41) is 8.68. The monoisotopic (exact) mass is 426 g/mol. The highest BCUT2D eigenvalue weighted by Crippen LogP contribution is 2.16. The third-order valence-corrected chi connectivity index (χ3v) is 6.48. The first kappa shape index (κ1) is 20.7. The third-order valence-electron chi connectivity index (χ3n) is 6.09. The lowest BCUT2D eigenvalue weighted by Crippen LogP contribution is -3.27. The second-order valence-corrected chi connectivity index (χ2v) is 8.44. The van der Waals surface area contributed by atoms with Gasteiger partial charge < -0.3 is 14.5 Å². The maximum atomic E-state index is 5.68. The number of nitrogens with zero attached hydrogens (tertiary/aromatic N) is 4. The Hall–Kier alpha value is -2.55. The molecule has 1 saturated heterocycles. The summed E-state index contributed by atoms with van der Waals surface area (Å²) >= 11 is 5.68. The van der Waals surface area contributed by atoms with Crippen LogP contribution in [0.2, 0.25) is 0 Å². The summed E-state index contributed by atoms with van der Waals surface area (Å²) in [6, 6.07) is 14.6. The smallest absolute Gasteiger partial charge is 0.225 e. The van der Waals surface area contributed by atoms with Crippen molar-refractivity contribution in [2.24, 2.45) is 0 Å². The molecule has 2 aromatic carbocycles. The zero-order chi connectivity index (χ0) is 21.1. The zero-order valence-electron chi connectivity index (χ0n) is 17.9. The van der Waals surface area contributed by atoms with Crippen molar-refractivity contribution in [2.75, 3.05) is 33.3 Å². The number of aryl methyl sites for hydroxylation is 1. The molecule has 2 N–H and O–H groups in total. The molecule has 7 nitrogen and oxygen atoms in total. The number of rotatable bonds is 6. The van der Waals surface area contributed by atoms with Gasteiger partial charge in [-0.2, -0.15) is 9.36 Å². The summed E-state index contributed by atoms with van der Waals surface area (Å²) in [7, 11) is 1.70. The molecule has 30 heavy (non-hydrogen) atoms. The van der Waals surface area contributed by atoms with Crippen molar-refractivity contribution in [3.63, 3.8) is 0 Å². The second-order valence-electron chi connectivity index (χ2n) is 8.07. The Kier molecular flexibility index (Phi) is 6.26. The normalized spacial score (nSPS) is 19.0. The van der Waals surface area contributed by atoms with Crippen LogP contribution in [0.5, 0.6) is 5.75 Å². The predicted octanol–water partition coefficient (Wildman–Crippen LogP) is 0.365. The number of hydrogen-bond donors (Lipinski definition) is 2. The van der Waals surface area contributed by atoms with E-state index in [2.05, 4.69) is 42.5 Å². The van der Waals surface area contributed by atoms with Gasteiger partial charge in [0.2, 0.25) is 4.77 Å². The van der Waals surface area contributed by atoms with Gasteiger partial charge in [-0.25, -0.2) is 0 Å². The number of quaternary nitrogens is 2. The average molecular weight is 427 g/mol. The fourth-order valence-electron chi connectivity index (χ4n) is 4.03. The minimum Gasteiger partial charge on any atom is -0.497 e. The summed E-state index contributed by atoms with van der Waals surface area (Å²) in [5.41, 5.74) is 4.78. The molecule has 4 rings (SSSR count). The van der Waals surface area contributed by atoms with Crippen molar-refractivity contribution in [3.05, 3.63) is 63.9 Å². The van der Waals surface area contributed by atoms with Crippen LogP contribution in [0.3, 0.4) is 0 Å². The van der Waals surface area contributed by atoms with Crippen LogP contribution < -0.4 is 14.5 Å². The largest absolute Gasteiger partial charge is 0.497 e. The number of benzene rings is 2. The van der Waals surface area contributed by atoms with Crippen molar-refractivity contribution in [1.82, 2.24) is 19.8 Å². The highest BCUT2D eigenvalue weighted by Gasteiger charge is 2.24. The Morgan fingerprint density at radius 1 is 0.967 bits per heavy atom. The Morgan fingerprint density at radius 3 is 2.37 bits per heavy atom. The SMILES string of the molecule is COc1ccc(C[NH+]2CC[NH+](Cn3nnn(-c4cccc(C)c4C)c3=S)CC2)cc1. The molecule has 2 heterocycles. The first-order chi connectivity index (χ1) is 14.5. The van der Waals surface area contributed by atoms with Gasteiger partial charge in [-0.15, -0.1) is 0 Å². The molecule has 1 aliphatic rings. The second kappa shape index (κ2) is 9.07. The maximum Gasteiger partial charge on any atom is 0.225 e. The average Bonchev–Trinajstić information content (AvgIpc) is 3.12. The van der Waals surface area contributed by atoms with E-state index in [4.69, 9.17) is 17.0 Å². The Balaban J connectivity index is 1.36. The van der Waals surface area contributed by atoms with E-state index in [1.165, 1.54) is 21.6 Å². The van der Waals surface area contributed by atoms with Gasteiger partial charge in [-0.05, 0) is 78.0 Å². The van der Waals surface area contributed by atoms with Gasteiger partial charge in [-0.3, -0.25) is 0 Å². The van der Waals surface area contributed by atoms with E-state index in [0.717, 1.165) is 50.8 Å². The quantitative estimate of drug-likeness (QED) is 0.559. The molecule has 1 aromatic heterocycles. The van der Waals surface area contributed by atoms with Crippen LogP contribution in [0.15, 0.2) is 42.5 Å². The molecule has 3 aromatic rings. The molecule has 158 valence electrons. The maximum absolute atomic E-state index is 5.68. The highest BCUT2D eigenvalue weighted by molar-refractivity contribution is 7.71. The number of methoxy groups -OCH3 is 1. The Bertz CT molecular complexity index is 1050. The molecule has 0 amide bonds. The molecule has 8 heteroatoms. The Morgan fingerprint density at radius 2 is 1.67 bits per heavy atom. The van der Waals surface area contributed by atoms with E-state index in [-0.39, 0.29) is 0 Å². The van der Waals surface area contributed by atoms with Crippen LogP contribution in [0.1, 0.15) is 16.7 Å². The number of nitrogens with one attached hydrogen (secondary N) is 2. The molecule has 0 radical (unpaired) electrons. The molecule has 1 fully saturated rings. The van der Waals surface area contributed by atoms with Gasteiger partial charge in [0.05, 0.1) is 12.8 Å². The lowest BCUT2D eigenvalue weighted by Gasteiger charge is -2.29. The minimum atomic E-state index is 0.657. The van der Waals surface area contributed by atoms with Gasteiger partial charge in [0, 0.05) is 5.56 Å². The summed E-state index contributed by atoms with van der Waals surface area (Å²) < 4.78 is 9.55. The molecule has 1 aliphatic heterocycles. The molecular weight excluding hydrogens is 396 g/mol. The number of aromatic nitrogens is 4.